The molecule has 1 saturated heterocycles. The maximum absolute atomic E-state index is 13.2. The van der Waals surface area contributed by atoms with Gasteiger partial charge in [0.2, 0.25) is 11.7 Å². The molecule has 8 nitrogen and oxygen atoms in total. The second-order valence-corrected chi connectivity index (χ2v) is 7.89. The highest BCUT2D eigenvalue weighted by molar-refractivity contribution is 5.95. The van der Waals surface area contributed by atoms with Crippen LogP contribution in [0.3, 0.4) is 0 Å². The maximum atomic E-state index is 13.2. The van der Waals surface area contributed by atoms with Gasteiger partial charge in [0.1, 0.15) is 0 Å². The van der Waals surface area contributed by atoms with Crippen molar-refractivity contribution in [1.82, 2.24) is 29.7 Å². The number of hydrogen-bond donors (Lipinski definition) is 0. The van der Waals surface area contributed by atoms with E-state index in [0.29, 0.717) is 24.8 Å². The van der Waals surface area contributed by atoms with Crippen LogP contribution in [0.2, 0.25) is 0 Å². The molecule has 1 aromatic carbocycles. The molecule has 0 radical (unpaired) electrons. The Hall–Kier alpha value is -3.21. The van der Waals surface area contributed by atoms with Gasteiger partial charge in [-0.3, -0.25) is 14.4 Å². The van der Waals surface area contributed by atoms with Gasteiger partial charge in [-0.15, -0.1) is 0 Å². The number of hydrogen-bond acceptors (Lipinski definition) is 6. The third-order valence-corrected chi connectivity index (χ3v) is 5.59. The first-order valence-corrected chi connectivity index (χ1v) is 10.2. The van der Waals surface area contributed by atoms with E-state index in [1.54, 1.807) is 0 Å². The molecule has 3 heterocycles. The van der Waals surface area contributed by atoms with Crippen LogP contribution in [0.4, 0.5) is 13.2 Å². The molecule has 32 heavy (non-hydrogen) atoms. The lowest BCUT2D eigenvalue weighted by Crippen LogP contribution is -2.49. The van der Waals surface area contributed by atoms with E-state index in [9.17, 15) is 18.0 Å². The Morgan fingerprint density at radius 2 is 1.78 bits per heavy atom. The molecule has 1 fully saturated rings. The molecular weight excluding hydrogens is 425 g/mol. The van der Waals surface area contributed by atoms with E-state index in [4.69, 9.17) is 4.52 Å². The Morgan fingerprint density at radius 1 is 1.12 bits per heavy atom. The fraction of sp³-hybridized carbons (Fsp3) is 0.429. The average molecular weight is 448 g/mol. The number of halogens is 3. The Labute approximate surface area is 182 Å². The van der Waals surface area contributed by atoms with Crippen LogP contribution in [-0.2, 0) is 13.2 Å². The number of amides is 1. The number of aryl methyl sites for hydroxylation is 2. The Balaban J connectivity index is 1.41. The van der Waals surface area contributed by atoms with Crippen molar-refractivity contribution < 1.29 is 22.5 Å². The van der Waals surface area contributed by atoms with Gasteiger partial charge in [-0.05, 0) is 13.8 Å². The normalized spacial score (nSPS) is 16.4. The number of benzene rings is 1. The molecular formula is C21H23F3N6O2. The van der Waals surface area contributed by atoms with Gasteiger partial charge in [-0.1, -0.05) is 35.0 Å². The van der Waals surface area contributed by atoms with Crippen molar-refractivity contribution in [3.63, 3.8) is 0 Å². The minimum atomic E-state index is -4.68. The zero-order valence-electron chi connectivity index (χ0n) is 17.9. The van der Waals surface area contributed by atoms with Crippen LogP contribution in [0.25, 0.3) is 11.4 Å². The fourth-order valence-electron chi connectivity index (χ4n) is 3.72. The zero-order valence-corrected chi connectivity index (χ0v) is 17.9. The van der Waals surface area contributed by atoms with Crippen molar-refractivity contribution >= 4 is 5.91 Å². The van der Waals surface area contributed by atoms with Crippen LogP contribution in [0, 0.1) is 6.92 Å². The summed E-state index contributed by atoms with van der Waals surface area (Å²) >= 11 is 0. The monoisotopic (exact) mass is 448 g/mol. The van der Waals surface area contributed by atoms with Crippen molar-refractivity contribution in [2.75, 3.05) is 26.2 Å². The lowest BCUT2D eigenvalue weighted by atomic mass is 10.1. The summed E-state index contributed by atoms with van der Waals surface area (Å²) in [7, 11) is 1.36. The van der Waals surface area contributed by atoms with E-state index in [1.165, 1.54) is 11.9 Å². The molecule has 4 rings (SSSR count). The SMILES string of the molecule is Cc1ccc(-c2noc(C(C)N3CCN(C(=O)c4cn(C)nc4C(F)(F)F)CC3)n2)cc1. The summed E-state index contributed by atoms with van der Waals surface area (Å²) in [4.78, 5) is 20.7. The van der Waals surface area contributed by atoms with Crippen LogP contribution in [0.1, 0.15) is 40.5 Å². The highest BCUT2D eigenvalue weighted by atomic mass is 19.4. The lowest BCUT2D eigenvalue weighted by Gasteiger charge is -2.36. The van der Waals surface area contributed by atoms with Gasteiger partial charge in [0.15, 0.2) is 5.69 Å². The van der Waals surface area contributed by atoms with Crippen molar-refractivity contribution in [2.24, 2.45) is 7.05 Å². The van der Waals surface area contributed by atoms with Gasteiger partial charge in [0.25, 0.3) is 5.91 Å². The third-order valence-electron chi connectivity index (χ3n) is 5.59. The number of aromatic nitrogens is 4. The molecule has 0 aliphatic carbocycles. The molecule has 1 unspecified atom stereocenters. The molecule has 11 heteroatoms. The first kappa shape index (κ1) is 22.0. The number of nitrogens with zero attached hydrogens (tertiary/aromatic N) is 6. The minimum Gasteiger partial charge on any atom is -0.337 e. The van der Waals surface area contributed by atoms with E-state index >= 15 is 0 Å². The summed E-state index contributed by atoms with van der Waals surface area (Å²) in [6.07, 6.45) is -3.57. The molecule has 0 spiro atoms. The molecule has 2 aromatic heterocycles. The number of rotatable bonds is 4. The van der Waals surface area contributed by atoms with Gasteiger partial charge in [0, 0.05) is 45.0 Å². The van der Waals surface area contributed by atoms with Crippen LogP contribution in [0.5, 0.6) is 0 Å². The smallest absolute Gasteiger partial charge is 0.337 e. The highest BCUT2D eigenvalue weighted by Crippen LogP contribution is 2.31. The molecule has 3 aromatic rings. The first-order chi connectivity index (χ1) is 15.1. The molecule has 1 atom stereocenters. The van der Waals surface area contributed by atoms with Gasteiger partial charge in [-0.2, -0.15) is 23.3 Å². The number of piperazine rings is 1. The van der Waals surface area contributed by atoms with E-state index in [1.807, 2.05) is 38.1 Å². The molecule has 1 aliphatic heterocycles. The van der Waals surface area contributed by atoms with Crippen LogP contribution >= 0.6 is 0 Å². The quantitative estimate of drug-likeness (QED) is 0.609. The van der Waals surface area contributed by atoms with E-state index in [-0.39, 0.29) is 19.1 Å². The molecule has 0 saturated carbocycles. The predicted octanol–water partition coefficient (Wildman–Crippen LogP) is 3.32. The predicted molar refractivity (Wildman–Crippen MR) is 109 cm³/mol. The topological polar surface area (TPSA) is 80.3 Å². The fourth-order valence-corrected chi connectivity index (χ4v) is 3.72. The summed E-state index contributed by atoms with van der Waals surface area (Å²) in [6, 6.07) is 7.59. The molecule has 1 aliphatic rings. The summed E-state index contributed by atoms with van der Waals surface area (Å²) in [5.74, 6) is 0.279. The Morgan fingerprint density at radius 3 is 2.41 bits per heavy atom. The van der Waals surface area contributed by atoms with Crippen LogP contribution in [0.15, 0.2) is 35.0 Å². The Bertz CT molecular complexity index is 1100. The summed E-state index contributed by atoms with van der Waals surface area (Å²) in [5.41, 5.74) is 0.397. The first-order valence-electron chi connectivity index (χ1n) is 10.2. The van der Waals surface area contributed by atoms with Crippen molar-refractivity contribution in [3.05, 3.63) is 53.2 Å². The average Bonchev–Trinajstić information content (AvgIpc) is 3.40. The van der Waals surface area contributed by atoms with E-state index in [2.05, 4.69) is 20.1 Å². The zero-order chi connectivity index (χ0) is 23.0. The van der Waals surface area contributed by atoms with Crippen LogP contribution in [-0.4, -0.2) is 61.8 Å². The lowest BCUT2D eigenvalue weighted by molar-refractivity contribution is -0.141. The van der Waals surface area contributed by atoms with Crippen molar-refractivity contribution in [2.45, 2.75) is 26.1 Å². The standard InChI is InChI=1S/C21H23F3N6O2/c1-13-4-6-15(7-5-13)18-25-19(32-27-18)14(2)29-8-10-30(11-9-29)20(31)16-12-28(3)26-17(16)21(22,23)24/h4-7,12,14H,8-11H2,1-3H3. The highest BCUT2D eigenvalue weighted by Gasteiger charge is 2.40. The van der Waals surface area contributed by atoms with Crippen LogP contribution < -0.4 is 0 Å². The van der Waals surface area contributed by atoms with E-state index < -0.39 is 23.3 Å². The Kier molecular flexibility index (Phi) is 5.76. The van der Waals surface area contributed by atoms with E-state index in [0.717, 1.165) is 22.0 Å². The summed E-state index contributed by atoms with van der Waals surface area (Å²) < 4.78 is 46.1. The number of carbonyl (C=O) groups is 1. The molecule has 0 N–H and O–H groups in total. The number of carbonyl (C=O) groups excluding carboxylic acids is 1. The minimum absolute atomic E-state index is 0.192. The van der Waals surface area contributed by atoms with Crippen molar-refractivity contribution in [1.29, 1.82) is 0 Å². The largest absolute Gasteiger partial charge is 0.435 e. The van der Waals surface area contributed by atoms with Gasteiger partial charge in [-0.25, -0.2) is 0 Å². The summed E-state index contributed by atoms with van der Waals surface area (Å²) in [6.45, 7) is 5.43. The number of alkyl halides is 3. The van der Waals surface area contributed by atoms with Gasteiger partial charge >= 0.3 is 6.18 Å². The maximum Gasteiger partial charge on any atom is 0.435 e. The third kappa shape index (κ3) is 4.38. The summed E-state index contributed by atoms with van der Waals surface area (Å²) in [5, 5.41) is 7.48. The van der Waals surface area contributed by atoms with Gasteiger partial charge < -0.3 is 9.42 Å². The van der Waals surface area contributed by atoms with Crippen molar-refractivity contribution in [3.8, 4) is 11.4 Å². The second kappa shape index (κ2) is 8.38. The molecule has 170 valence electrons. The molecule has 0 bridgehead atoms. The molecule has 1 amide bonds. The second-order valence-electron chi connectivity index (χ2n) is 7.89. The van der Waals surface area contributed by atoms with Gasteiger partial charge in [0.05, 0.1) is 11.6 Å².